The summed E-state index contributed by atoms with van der Waals surface area (Å²) in [4.78, 5) is 12.4. The third kappa shape index (κ3) is 2.56. The molecule has 3 nitrogen and oxygen atoms in total. The molecule has 106 valence electrons. The molecule has 1 amide bonds. The molecule has 0 unspecified atom stereocenters. The lowest BCUT2D eigenvalue weighted by molar-refractivity contribution is -0.128. The second kappa shape index (κ2) is 4.94. The van der Waals surface area contributed by atoms with Gasteiger partial charge in [0.05, 0.1) is 6.07 Å². The van der Waals surface area contributed by atoms with Crippen molar-refractivity contribution in [2.45, 2.75) is 46.0 Å². The Labute approximate surface area is 121 Å². The van der Waals surface area contributed by atoms with Crippen LogP contribution in [0.25, 0.3) is 0 Å². The van der Waals surface area contributed by atoms with Crippen molar-refractivity contribution in [1.82, 2.24) is 0 Å². The van der Waals surface area contributed by atoms with Gasteiger partial charge in [-0.3, -0.25) is 4.79 Å². The molecule has 0 spiro atoms. The predicted octanol–water partition coefficient (Wildman–Crippen LogP) is 3.86. The number of amides is 1. The van der Waals surface area contributed by atoms with Crippen molar-refractivity contribution in [3.05, 3.63) is 29.8 Å². The first-order valence-corrected chi connectivity index (χ1v) is 7.11. The Balaban J connectivity index is 2.24. The van der Waals surface area contributed by atoms with Gasteiger partial charge in [0, 0.05) is 5.69 Å². The fraction of sp³-hybridized carbons (Fsp3) is 0.529. The van der Waals surface area contributed by atoms with Gasteiger partial charge in [-0.1, -0.05) is 45.9 Å². The molecule has 0 aliphatic heterocycles. The van der Waals surface area contributed by atoms with Gasteiger partial charge in [-0.05, 0) is 35.8 Å². The number of benzene rings is 1. The summed E-state index contributed by atoms with van der Waals surface area (Å²) in [5, 5.41) is 12.3. The highest BCUT2D eigenvalue weighted by Gasteiger charge is 2.49. The highest BCUT2D eigenvalue weighted by atomic mass is 16.2. The van der Waals surface area contributed by atoms with Crippen LogP contribution in [-0.4, -0.2) is 5.91 Å². The molecule has 0 aromatic heterocycles. The van der Waals surface area contributed by atoms with E-state index in [1.54, 1.807) is 0 Å². The van der Waals surface area contributed by atoms with Crippen molar-refractivity contribution in [3.8, 4) is 6.07 Å². The van der Waals surface area contributed by atoms with Gasteiger partial charge in [0.2, 0.25) is 5.91 Å². The van der Waals surface area contributed by atoms with Gasteiger partial charge in [0.1, 0.15) is 5.41 Å². The highest BCUT2D eigenvalue weighted by molar-refractivity contribution is 5.98. The predicted molar refractivity (Wildman–Crippen MR) is 80.2 cm³/mol. The molecule has 1 fully saturated rings. The second-order valence-corrected chi connectivity index (χ2v) is 6.96. The lowest BCUT2D eigenvalue weighted by Crippen LogP contribution is -2.45. The van der Waals surface area contributed by atoms with Crippen LogP contribution in [-0.2, 0) is 10.2 Å². The molecule has 0 radical (unpaired) electrons. The van der Waals surface area contributed by atoms with E-state index in [2.05, 4.69) is 39.1 Å². The van der Waals surface area contributed by atoms with Crippen molar-refractivity contribution in [3.63, 3.8) is 0 Å². The lowest BCUT2D eigenvalue weighted by atomic mass is 9.63. The molecule has 1 aliphatic carbocycles. The topological polar surface area (TPSA) is 52.9 Å². The van der Waals surface area contributed by atoms with E-state index in [-0.39, 0.29) is 11.3 Å². The van der Waals surface area contributed by atoms with E-state index < -0.39 is 5.41 Å². The third-order valence-electron chi connectivity index (χ3n) is 4.03. The third-order valence-corrected chi connectivity index (χ3v) is 4.03. The minimum Gasteiger partial charge on any atom is -0.324 e. The average Bonchev–Trinajstić information content (AvgIpc) is 2.34. The van der Waals surface area contributed by atoms with Crippen molar-refractivity contribution < 1.29 is 4.79 Å². The van der Waals surface area contributed by atoms with Gasteiger partial charge < -0.3 is 5.32 Å². The van der Waals surface area contributed by atoms with Gasteiger partial charge in [0.25, 0.3) is 0 Å². The smallest absolute Gasteiger partial charge is 0.244 e. The van der Waals surface area contributed by atoms with Crippen LogP contribution in [0.15, 0.2) is 24.3 Å². The van der Waals surface area contributed by atoms with E-state index in [4.69, 9.17) is 0 Å². The van der Waals surface area contributed by atoms with Crippen LogP contribution in [0.4, 0.5) is 5.69 Å². The average molecular weight is 270 g/mol. The summed E-state index contributed by atoms with van der Waals surface area (Å²) >= 11 is 0. The number of hydrogen-bond donors (Lipinski definition) is 1. The minimum absolute atomic E-state index is 0.0451. The number of anilines is 1. The quantitative estimate of drug-likeness (QED) is 0.887. The molecule has 1 aromatic rings. The Hall–Kier alpha value is -1.82. The molecule has 1 N–H and O–H groups in total. The molecular formula is C17H22N2O. The van der Waals surface area contributed by atoms with E-state index in [1.807, 2.05) is 24.3 Å². The van der Waals surface area contributed by atoms with Gasteiger partial charge in [-0.15, -0.1) is 0 Å². The number of para-hydroxylation sites is 1. The number of nitrogens with one attached hydrogen (secondary N) is 1. The zero-order chi connectivity index (χ0) is 15.0. The fourth-order valence-corrected chi connectivity index (χ4v) is 2.95. The largest absolute Gasteiger partial charge is 0.324 e. The van der Waals surface area contributed by atoms with Crippen molar-refractivity contribution in [1.29, 1.82) is 5.26 Å². The van der Waals surface area contributed by atoms with Crippen molar-refractivity contribution >= 4 is 11.6 Å². The Kier molecular flexibility index (Phi) is 3.60. The molecule has 20 heavy (non-hydrogen) atoms. The van der Waals surface area contributed by atoms with Gasteiger partial charge in [-0.2, -0.15) is 5.26 Å². The van der Waals surface area contributed by atoms with Crippen LogP contribution in [0.5, 0.6) is 0 Å². The number of hydrogen-bond acceptors (Lipinski definition) is 2. The van der Waals surface area contributed by atoms with Crippen molar-refractivity contribution in [2.24, 2.45) is 11.3 Å². The maximum Gasteiger partial charge on any atom is 0.244 e. The summed E-state index contributed by atoms with van der Waals surface area (Å²) in [6, 6.07) is 10.0. The summed E-state index contributed by atoms with van der Waals surface area (Å²) in [5.74, 6) is 0.299. The van der Waals surface area contributed by atoms with Gasteiger partial charge in [-0.25, -0.2) is 0 Å². The van der Waals surface area contributed by atoms with E-state index in [1.165, 1.54) is 0 Å². The monoisotopic (exact) mass is 270 g/mol. The summed E-state index contributed by atoms with van der Waals surface area (Å²) in [7, 11) is 0. The molecular weight excluding hydrogens is 248 g/mol. The van der Waals surface area contributed by atoms with Crippen LogP contribution < -0.4 is 5.32 Å². The molecule has 1 aliphatic rings. The SMILES string of the molecule is CC1CC(C#N)(C(=O)Nc2ccccc2C(C)(C)C)C1. The molecule has 2 rings (SSSR count). The molecule has 3 heteroatoms. The maximum atomic E-state index is 12.4. The standard InChI is InChI=1S/C17H22N2O/c1-12-9-17(10-12,11-18)15(20)19-14-8-6-5-7-13(14)16(2,3)4/h5-8,12H,9-10H2,1-4H3,(H,19,20). The highest BCUT2D eigenvalue weighted by Crippen LogP contribution is 2.46. The van der Waals surface area contributed by atoms with Gasteiger partial charge >= 0.3 is 0 Å². The second-order valence-electron chi connectivity index (χ2n) is 6.96. The molecule has 0 saturated heterocycles. The van der Waals surface area contributed by atoms with Crippen LogP contribution in [0.1, 0.15) is 46.1 Å². The number of carbonyl (C=O) groups excluding carboxylic acids is 1. The fourth-order valence-electron chi connectivity index (χ4n) is 2.95. The summed E-state index contributed by atoms with van der Waals surface area (Å²) in [6.45, 7) is 8.42. The Morgan fingerprint density at radius 2 is 1.95 bits per heavy atom. The number of carbonyl (C=O) groups is 1. The van der Waals surface area contributed by atoms with E-state index in [0.717, 1.165) is 11.3 Å². The normalized spacial score (nSPS) is 25.4. The molecule has 1 aromatic carbocycles. The number of nitrogens with zero attached hydrogens (tertiary/aromatic N) is 1. The number of nitriles is 1. The van der Waals surface area contributed by atoms with Crippen LogP contribution in [0.3, 0.4) is 0 Å². The first-order chi connectivity index (χ1) is 9.28. The molecule has 0 heterocycles. The Bertz CT molecular complexity index is 557. The van der Waals surface area contributed by atoms with E-state index in [0.29, 0.717) is 18.8 Å². The van der Waals surface area contributed by atoms with Crippen LogP contribution in [0.2, 0.25) is 0 Å². The minimum atomic E-state index is -0.829. The summed E-state index contributed by atoms with van der Waals surface area (Å²) < 4.78 is 0. The summed E-state index contributed by atoms with van der Waals surface area (Å²) in [5.41, 5.74) is 1.04. The maximum absolute atomic E-state index is 12.4. The summed E-state index contributed by atoms with van der Waals surface area (Å²) in [6.07, 6.45) is 1.32. The van der Waals surface area contributed by atoms with Crippen LogP contribution in [0, 0.1) is 22.7 Å². The molecule has 0 bridgehead atoms. The van der Waals surface area contributed by atoms with Crippen molar-refractivity contribution in [2.75, 3.05) is 5.32 Å². The van der Waals surface area contributed by atoms with E-state index >= 15 is 0 Å². The Morgan fingerprint density at radius 1 is 1.35 bits per heavy atom. The number of rotatable bonds is 2. The van der Waals surface area contributed by atoms with E-state index in [9.17, 15) is 10.1 Å². The lowest BCUT2D eigenvalue weighted by Gasteiger charge is -2.39. The molecule has 0 atom stereocenters. The first kappa shape index (κ1) is 14.6. The van der Waals surface area contributed by atoms with Crippen LogP contribution >= 0.6 is 0 Å². The Morgan fingerprint density at radius 3 is 2.45 bits per heavy atom. The zero-order valence-corrected chi connectivity index (χ0v) is 12.7. The molecule has 1 saturated carbocycles. The van der Waals surface area contributed by atoms with Gasteiger partial charge in [0.15, 0.2) is 0 Å². The zero-order valence-electron chi connectivity index (χ0n) is 12.7. The first-order valence-electron chi connectivity index (χ1n) is 7.11.